The Labute approximate surface area is 143 Å². The predicted molar refractivity (Wildman–Crippen MR) is 92.3 cm³/mol. The minimum Gasteiger partial charge on any atom is -0.508 e. The molecular weight excluding hydrogens is 328 g/mol. The molecule has 2 aromatic carbocycles. The second-order valence-electron chi connectivity index (χ2n) is 4.96. The van der Waals surface area contributed by atoms with E-state index in [-0.39, 0.29) is 11.0 Å². The average Bonchev–Trinajstić information content (AvgIpc) is 2.96. The number of benzene rings is 2. The third kappa shape index (κ3) is 3.64. The highest BCUT2D eigenvalue weighted by molar-refractivity contribution is 6.31. The Balaban J connectivity index is 1.71. The minimum atomic E-state index is -0.440. The van der Waals surface area contributed by atoms with Crippen LogP contribution in [0.1, 0.15) is 15.9 Å². The lowest BCUT2D eigenvalue weighted by atomic mass is 10.1. The molecule has 1 heterocycles. The van der Waals surface area contributed by atoms with Crippen molar-refractivity contribution >= 4 is 23.7 Å². The van der Waals surface area contributed by atoms with Gasteiger partial charge in [0.25, 0.3) is 5.91 Å². The maximum absolute atomic E-state index is 11.9. The molecule has 2 N–H and O–H groups in total. The summed E-state index contributed by atoms with van der Waals surface area (Å²) >= 11 is 6.04. The molecule has 0 spiro atoms. The summed E-state index contributed by atoms with van der Waals surface area (Å²) in [4.78, 5) is 11.9. The number of hydrogen-bond acceptors (Lipinski definition) is 4. The van der Waals surface area contributed by atoms with Crippen LogP contribution in [0.3, 0.4) is 0 Å². The number of phenols is 1. The Morgan fingerprint density at radius 1 is 1.12 bits per heavy atom. The number of carbonyl (C=O) groups excluding carboxylic acids is 1. The second-order valence-corrected chi connectivity index (χ2v) is 5.30. The van der Waals surface area contributed by atoms with Gasteiger partial charge in [0.2, 0.25) is 5.22 Å². The number of nitrogens with zero attached hydrogens (tertiary/aromatic N) is 1. The van der Waals surface area contributed by atoms with Crippen LogP contribution in [0.4, 0.5) is 0 Å². The number of hydrogen-bond donors (Lipinski definition) is 2. The number of rotatable bonds is 4. The quantitative estimate of drug-likeness (QED) is 0.555. The molecule has 1 amide bonds. The summed E-state index contributed by atoms with van der Waals surface area (Å²) in [6.07, 6.45) is 1.40. The zero-order valence-corrected chi connectivity index (χ0v) is 13.2. The van der Waals surface area contributed by atoms with E-state index in [4.69, 9.17) is 16.0 Å². The molecule has 6 heteroatoms. The van der Waals surface area contributed by atoms with E-state index in [1.807, 2.05) is 30.3 Å². The van der Waals surface area contributed by atoms with Crippen LogP contribution in [0.15, 0.2) is 70.2 Å². The van der Waals surface area contributed by atoms with E-state index in [1.165, 1.54) is 18.3 Å². The number of halogens is 1. The zero-order chi connectivity index (χ0) is 16.9. The molecule has 0 aliphatic rings. The first-order chi connectivity index (χ1) is 11.6. The fraction of sp³-hybridized carbons (Fsp3) is 0. The Morgan fingerprint density at radius 3 is 2.67 bits per heavy atom. The summed E-state index contributed by atoms with van der Waals surface area (Å²) in [6, 6.07) is 17.2. The van der Waals surface area contributed by atoms with Crippen LogP contribution in [-0.2, 0) is 0 Å². The van der Waals surface area contributed by atoms with Gasteiger partial charge in [-0.2, -0.15) is 5.10 Å². The molecule has 1 aromatic heterocycles. The van der Waals surface area contributed by atoms with Crippen LogP contribution >= 0.6 is 11.6 Å². The standard InChI is InChI=1S/C18H13ClN2O3/c19-17-14(10-16(24-17)12-5-2-1-3-6-12)11-20-21-18(23)13-7-4-8-15(22)9-13/h1-11,22H,(H,21,23). The van der Waals surface area contributed by atoms with E-state index in [2.05, 4.69) is 10.5 Å². The molecule has 0 bridgehead atoms. The van der Waals surface area contributed by atoms with Crippen LogP contribution in [0.5, 0.6) is 5.75 Å². The van der Waals surface area contributed by atoms with Crippen molar-refractivity contribution < 1.29 is 14.3 Å². The molecule has 5 nitrogen and oxygen atoms in total. The normalized spacial score (nSPS) is 10.9. The summed E-state index contributed by atoms with van der Waals surface area (Å²) in [5.41, 5.74) is 4.11. The topological polar surface area (TPSA) is 74.8 Å². The SMILES string of the molecule is O=C(NN=Cc1cc(-c2ccccc2)oc1Cl)c1cccc(O)c1. The maximum atomic E-state index is 11.9. The highest BCUT2D eigenvalue weighted by atomic mass is 35.5. The van der Waals surface area contributed by atoms with Crippen molar-refractivity contribution in [3.05, 3.63) is 77.0 Å². The van der Waals surface area contributed by atoms with Gasteiger partial charge in [0, 0.05) is 11.1 Å². The van der Waals surface area contributed by atoms with Gasteiger partial charge in [0.05, 0.1) is 11.8 Å². The van der Waals surface area contributed by atoms with E-state index in [9.17, 15) is 9.90 Å². The van der Waals surface area contributed by atoms with Crippen molar-refractivity contribution in [1.29, 1.82) is 0 Å². The summed E-state index contributed by atoms with van der Waals surface area (Å²) < 4.78 is 5.49. The van der Waals surface area contributed by atoms with Crippen LogP contribution in [-0.4, -0.2) is 17.2 Å². The van der Waals surface area contributed by atoms with Gasteiger partial charge >= 0.3 is 0 Å². The van der Waals surface area contributed by atoms with E-state index in [0.717, 1.165) is 5.56 Å². The van der Waals surface area contributed by atoms with Crippen LogP contribution < -0.4 is 5.43 Å². The molecule has 3 rings (SSSR count). The lowest BCUT2D eigenvalue weighted by molar-refractivity contribution is 0.0954. The molecule has 24 heavy (non-hydrogen) atoms. The molecule has 120 valence electrons. The summed E-state index contributed by atoms with van der Waals surface area (Å²) in [7, 11) is 0. The van der Waals surface area contributed by atoms with E-state index >= 15 is 0 Å². The Bertz CT molecular complexity index is 888. The summed E-state index contributed by atoms with van der Waals surface area (Å²) in [5.74, 6) is 0.184. The first kappa shape index (κ1) is 15.8. The fourth-order valence-corrected chi connectivity index (χ4v) is 2.27. The van der Waals surface area contributed by atoms with Crippen LogP contribution in [0.2, 0.25) is 5.22 Å². The number of phenolic OH excluding ortho intramolecular Hbond substituents is 1. The van der Waals surface area contributed by atoms with E-state index in [0.29, 0.717) is 16.9 Å². The molecule has 0 fully saturated rings. The van der Waals surface area contributed by atoms with Gasteiger partial charge in [-0.15, -0.1) is 0 Å². The fourth-order valence-electron chi connectivity index (χ4n) is 2.09. The molecule has 3 aromatic rings. The monoisotopic (exact) mass is 340 g/mol. The number of aromatic hydroxyl groups is 1. The van der Waals surface area contributed by atoms with E-state index < -0.39 is 5.91 Å². The largest absolute Gasteiger partial charge is 0.508 e. The van der Waals surface area contributed by atoms with Gasteiger partial charge in [0.1, 0.15) is 11.5 Å². The molecule has 0 saturated carbocycles. The van der Waals surface area contributed by atoms with Gasteiger partial charge in [-0.05, 0) is 35.9 Å². The molecule has 0 radical (unpaired) electrons. The number of nitrogens with one attached hydrogen (secondary N) is 1. The summed E-state index contributed by atoms with van der Waals surface area (Å²) in [5, 5.41) is 13.4. The van der Waals surface area contributed by atoms with Gasteiger partial charge in [0.15, 0.2) is 0 Å². The number of carbonyl (C=O) groups is 1. The Morgan fingerprint density at radius 2 is 1.92 bits per heavy atom. The Kier molecular flexibility index (Phi) is 4.63. The van der Waals surface area contributed by atoms with Crippen LogP contribution in [0, 0.1) is 0 Å². The Hall–Kier alpha value is -3.05. The number of amides is 1. The highest BCUT2D eigenvalue weighted by Gasteiger charge is 2.09. The van der Waals surface area contributed by atoms with Crippen molar-refractivity contribution in [2.24, 2.45) is 5.10 Å². The lowest BCUT2D eigenvalue weighted by Gasteiger charge is -1.99. The lowest BCUT2D eigenvalue weighted by Crippen LogP contribution is -2.17. The third-order valence-electron chi connectivity index (χ3n) is 3.25. The number of furan rings is 1. The van der Waals surface area contributed by atoms with Gasteiger partial charge in [-0.3, -0.25) is 4.79 Å². The summed E-state index contributed by atoms with van der Waals surface area (Å²) in [6.45, 7) is 0. The van der Waals surface area contributed by atoms with Crippen molar-refractivity contribution in [3.8, 4) is 17.1 Å². The van der Waals surface area contributed by atoms with Crippen molar-refractivity contribution in [1.82, 2.24) is 5.43 Å². The van der Waals surface area contributed by atoms with Crippen molar-refractivity contribution in [3.63, 3.8) is 0 Å². The van der Waals surface area contributed by atoms with Crippen LogP contribution in [0.25, 0.3) is 11.3 Å². The third-order valence-corrected chi connectivity index (χ3v) is 3.54. The molecule has 0 saturated heterocycles. The van der Waals surface area contributed by atoms with E-state index in [1.54, 1.807) is 18.2 Å². The smallest absolute Gasteiger partial charge is 0.271 e. The maximum Gasteiger partial charge on any atom is 0.271 e. The van der Waals surface area contributed by atoms with Gasteiger partial charge < -0.3 is 9.52 Å². The van der Waals surface area contributed by atoms with Gasteiger partial charge in [-0.25, -0.2) is 5.43 Å². The predicted octanol–water partition coefficient (Wildman–Crippen LogP) is 4.07. The first-order valence-electron chi connectivity index (χ1n) is 7.10. The first-order valence-corrected chi connectivity index (χ1v) is 7.48. The molecule has 0 aliphatic carbocycles. The second kappa shape index (κ2) is 7.02. The molecule has 0 aliphatic heterocycles. The molecular formula is C18H13ClN2O3. The minimum absolute atomic E-state index is 0.0111. The zero-order valence-electron chi connectivity index (χ0n) is 12.4. The van der Waals surface area contributed by atoms with Crippen molar-refractivity contribution in [2.75, 3.05) is 0 Å². The molecule has 0 atom stereocenters. The number of hydrazone groups is 1. The van der Waals surface area contributed by atoms with Crippen molar-refractivity contribution in [2.45, 2.75) is 0 Å². The molecule has 0 unspecified atom stereocenters. The average molecular weight is 341 g/mol. The van der Waals surface area contributed by atoms with Gasteiger partial charge in [-0.1, -0.05) is 36.4 Å². The highest BCUT2D eigenvalue weighted by Crippen LogP contribution is 2.27.